The Morgan fingerprint density at radius 3 is 2.63 bits per heavy atom. The van der Waals surface area contributed by atoms with E-state index in [9.17, 15) is 4.79 Å². The van der Waals surface area contributed by atoms with Crippen molar-refractivity contribution in [3.63, 3.8) is 0 Å². The zero-order valence-electron chi connectivity index (χ0n) is 20.1. The van der Waals surface area contributed by atoms with E-state index in [1.54, 1.807) is 30.3 Å². The number of nitrogens with one attached hydrogen (secondary N) is 1. The normalized spacial score (nSPS) is 13.9. The molecule has 0 bridgehead atoms. The number of carbonyl (C=O) groups is 1. The van der Waals surface area contributed by atoms with Gasteiger partial charge in [-0.15, -0.1) is 5.10 Å². The van der Waals surface area contributed by atoms with Crippen LogP contribution in [-0.2, 0) is 4.74 Å². The summed E-state index contributed by atoms with van der Waals surface area (Å²) in [5, 5.41) is 11.9. The Labute approximate surface area is 203 Å². The van der Waals surface area contributed by atoms with Gasteiger partial charge in [-0.2, -0.15) is 0 Å². The van der Waals surface area contributed by atoms with Gasteiger partial charge in [0.05, 0.1) is 31.5 Å². The van der Waals surface area contributed by atoms with E-state index in [0.717, 1.165) is 27.8 Å². The number of carbonyl (C=O) groups excluding carboxylic acids is 1. The predicted octanol–water partition coefficient (Wildman–Crippen LogP) is 4.30. The number of morpholine rings is 1. The van der Waals surface area contributed by atoms with E-state index in [2.05, 4.69) is 40.5 Å². The van der Waals surface area contributed by atoms with Gasteiger partial charge < -0.3 is 19.7 Å². The summed E-state index contributed by atoms with van der Waals surface area (Å²) in [6.07, 6.45) is 1.77. The molecule has 3 heterocycles. The van der Waals surface area contributed by atoms with E-state index in [-0.39, 0.29) is 11.9 Å². The first-order chi connectivity index (χ1) is 17.0. The molecule has 1 saturated heterocycles. The van der Waals surface area contributed by atoms with E-state index in [4.69, 9.17) is 9.47 Å². The second-order valence-electron chi connectivity index (χ2n) is 8.71. The summed E-state index contributed by atoms with van der Waals surface area (Å²) in [5.74, 6) is 1.22. The molecular formula is C26H28N6O3. The Morgan fingerprint density at radius 2 is 1.86 bits per heavy atom. The summed E-state index contributed by atoms with van der Waals surface area (Å²) in [5.41, 5.74) is 5.23. The van der Waals surface area contributed by atoms with Crippen LogP contribution in [0.4, 0.5) is 11.5 Å². The average molecular weight is 473 g/mol. The first-order valence-corrected chi connectivity index (χ1v) is 11.7. The maximum absolute atomic E-state index is 12.9. The van der Waals surface area contributed by atoms with Crippen molar-refractivity contribution in [3.8, 4) is 16.9 Å². The van der Waals surface area contributed by atoms with Crippen molar-refractivity contribution in [1.82, 2.24) is 24.9 Å². The van der Waals surface area contributed by atoms with Crippen molar-refractivity contribution in [2.24, 2.45) is 0 Å². The van der Waals surface area contributed by atoms with Crippen LogP contribution >= 0.6 is 0 Å². The fraction of sp³-hybridized carbons (Fsp3) is 0.308. The standard InChI is InChI=1S/C26H28N6O3/c1-17(2)32-23-14-18(4-6-21(23)29-30-32)19-8-9-27-25(16-19)28-22-7-5-20(15-24(22)34-3)26(33)31-10-12-35-13-11-31/h4-9,14-17H,10-13H2,1-3H3,(H,27,28). The fourth-order valence-corrected chi connectivity index (χ4v) is 4.19. The second kappa shape index (κ2) is 9.71. The highest BCUT2D eigenvalue weighted by molar-refractivity contribution is 5.95. The number of amides is 1. The Morgan fingerprint density at radius 1 is 1.06 bits per heavy atom. The van der Waals surface area contributed by atoms with Gasteiger partial charge in [0, 0.05) is 30.9 Å². The SMILES string of the molecule is COc1cc(C(=O)N2CCOCC2)ccc1Nc1cc(-c2ccc3nnn(C(C)C)c3c2)ccn1. The van der Waals surface area contributed by atoms with Crippen LogP contribution in [0.5, 0.6) is 5.75 Å². The topological polar surface area (TPSA) is 94.4 Å². The van der Waals surface area contributed by atoms with E-state index < -0.39 is 0 Å². The molecule has 5 rings (SSSR count). The minimum atomic E-state index is -0.0243. The Hall–Kier alpha value is -3.98. The van der Waals surface area contributed by atoms with Crippen LogP contribution in [0.15, 0.2) is 54.7 Å². The minimum absolute atomic E-state index is 0.0243. The number of hydrogen-bond donors (Lipinski definition) is 1. The highest BCUT2D eigenvalue weighted by Gasteiger charge is 2.20. The third-order valence-corrected chi connectivity index (χ3v) is 6.06. The molecule has 1 amide bonds. The molecule has 1 aliphatic heterocycles. The van der Waals surface area contributed by atoms with Gasteiger partial charge in [-0.25, -0.2) is 9.67 Å². The Kier molecular flexibility index (Phi) is 6.33. The summed E-state index contributed by atoms with van der Waals surface area (Å²) < 4.78 is 12.9. The monoisotopic (exact) mass is 472 g/mol. The number of benzene rings is 2. The van der Waals surface area contributed by atoms with Crippen molar-refractivity contribution in [3.05, 3.63) is 60.3 Å². The molecule has 0 unspecified atom stereocenters. The van der Waals surface area contributed by atoms with Gasteiger partial charge in [0.2, 0.25) is 0 Å². The van der Waals surface area contributed by atoms with Crippen LogP contribution in [0.1, 0.15) is 30.2 Å². The predicted molar refractivity (Wildman–Crippen MR) is 134 cm³/mol. The molecule has 9 nitrogen and oxygen atoms in total. The Balaban J connectivity index is 1.40. The molecule has 1 aliphatic rings. The lowest BCUT2D eigenvalue weighted by atomic mass is 10.1. The number of anilines is 2. The molecule has 0 spiro atoms. The third-order valence-electron chi connectivity index (χ3n) is 6.06. The molecule has 2 aromatic carbocycles. The maximum atomic E-state index is 12.9. The molecule has 0 saturated carbocycles. The van der Waals surface area contributed by atoms with Gasteiger partial charge in [-0.1, -0.05) is 11.3 Å². The van der Waals surface area contributed by atoms with Crippen LogP contribution in [0.3, 0.4) is 0 Å². The number of aromatic nitrogens is 4. The summed E-state index contributed by atoms with van der Waals surface area (Å²) >= 11 is 0. The first kappa shape index (κ1) is 22.8. The van der Waals surface area contributed by atoms with Crippen molar-refractivity contribution in [2.75, 3.05) is 38.7 Å². The van der Waals surface area contributed by atoms with Gasteiger partial charge in [0.15, 0.2) is 0 Å². The number of nitrogens with zero attached hydrogens (tertiary/aromatic N) is 5. The van der Waals surface area contributed by atoms with Crippen LogP contribution in [0, 0.1) is 0 Å². The average Bonchev–Trinajstić information content (AvgIpc) is 3.33. The molecule has 9 heteroatoms. The van der Waals surface area contributed by atoms with Crippen LogP contribution < -0.4 is 10.1 Å². The number of rotatable bonds is 6. The van der Waals surface area contributed by atoms with Crippen molar-refractivity contribution >= 4 is 28.4 Å². The quantitative estimate of drug-likeness (QED) is 0.447. The third kappa shape index (κ3) is 4.67. The van der Waals surface area contributed by atoms with Crippen LogP contribution in [0.2, 0.25) is 0 Å². The van der Waals surface area contributed by atoms with Gasteiger partial charge in [0.25, 0.3) is 5.91 Å². The van der Waals surface area contributed by atoms with Crippen molar-refractivity contribution in [1.29, 1.82) is 0 Å². The molecule has 1 N–H and O–H groups in total. The molecule has 1 fully saturated rings. The van der Waals surface area contributed by atoms with Crippen molar-refractivity contribution < 1.29 is 14.3 Å². The molecule has 2 aromatic heterocycles. The maximum Gasteiger partial charge on any atom is 0.254 e. The smallest absolute Gasteiger partial charge is 0.254 e. The van der Waals surface area contributed by atoms with Crippen LogP contribution in [0.25, 0.3) is 22.2 Å². The van der Waals surface area contributed by atoms with Gasteiger partial charge >= 0.3 is 0 Å². The lowest BCUT2D eigenvalue weighted by molar-refractivity contribution is 0.0302. The molecular weight excluding hydrogens is 444 g/mol. The van der Waals surface area contributed by atoms with Crippen molar-refractivity contribution in [2.45, 2.75) is 19.9 Å². The number of hydrogen-bond acceptors (Lipinski definition) is 7. The first-order valence-electron chi connectivity index (χ1n) is 11.7. The Bertz CT molecular complexity index is 1360. The van der Waals surface area contributed by atoms with E-state index >= 15 is 0 Å². The molecule has 0 atom stereocenters. The zero-order valence-corrected chi connectivity index (χ0v) is 20.1. The van der Waals surface area contributed by atoms with E-state index in [1.165, 1.54) is 0 Å². The van der Waals surface area contributed by atoms with E-state index in [1.807, 2.05) is 35.0 Å². The molecule has 0 aliphatic carbocycles. The summed E-state index contributed by atoms with van der Waals surface area (Å²) in [6, 6.07) is 15.7. The highest BCUT2D eigenvalue weighted by atomic mass is 16.5. The lowest BCUT2D eigenvalue weighted by Crippen LogP contribution is -2.40. The largest absolute Gasteiger partial charge is 0.495 e. The fourth-order valence-electron chi connectivity index (χ4n) is 4.19. The summed E-state index contributed by atoms with van der Waals surface area (Å²) in [4.78, 5) is 19.1. The molecule has 35 heavy (non-hydrogen) atoms. The summed E-state index contributed by atoms with van der Waals surface area (Å²) in [6.45, 7) is 6.49. The van der Waals surface area contributed by atoms with Crippen LogP contribution in [-0.4, -0.2) is 64.2 Å². The molecule has 180 valence electrons. The molecule has 4 aromatic rings. The summed E-state index contributed by atoms with van der Waals surface area (Å²) in [7, 11) is 1.59. The van der Waals surface area contributed by atoms with Gasteiger partial charge in [-0.05, 0) is 67.4 Å². The molecule has 0 radical (unpaired) electrons. The number of pyridine rings is 1. The number of ether oxygens (including phenoxy) is 2. The zero-order chi connectivity index (χ0) is 24.4. The van der Waals surface area contributed by atoms with Gasteiger partial charge in [0.1, 0.15) is 17.1 Å². The highest BCUT2D eigenvalue weighted by Crippen LogP contribution is 2.31. The number of fused-ring (bicyclic) bond motifs is 1. The van der Waals surface area contributed by atoms with E-state index in [0.29, 0.717) is 43.4 Å². The number of methoxy groups -OCH3 is 1. The minimum Gasteiger partial charge on any atom is -0.495 e. The van der Waals surface area contributed by atoms with Gasteiger partial charge in [-0.3, -0.25) is 4.79 Å². The second-order valence-corrected chi connectivity index (χ2v) is 8.71. The lowest BCUT2D eigenvalue weighted by Gasteiger charge is -2.27.